The third-order valence-corrected chi connectivity index (χ3v) is 4.89. The minimum atomic E-state index is -3.55. The average molecular weight is 317 g/mol. The first-order valence-electron chi connectivity index (χ1n) is 6.42. The van der Waals surface area contributed by atoms with Gasteiger partial charge in [-0.1, -0.05) is 11.6 Å². The van der Waals surface area contributed by atoms with Crippen molar-refractivity contribution >= 4 is 27.5 Å². The van der Waals surface area contributed by atoms with Crippen molar-refractivity contribution in [3.63, 3.8) is 0 Å². The topological polar surface area (TPSA) is 66.5 Å². The van der Waals surface area contributed by atoms with Crippen molar-refractivity contribution in [3.05, 3.63) is 29.3 Å². The Morgan fingerprint density at radius 1 is 1.35 bits per heavy atom. The van der Waals surface area contributed by atoms with Crippen LogP contribution < -0.4 is 4.72 Å². The Morgan fingerprint density at radius 3 is 2.45 bits per heavy atom. The van der Waals surface area contributed by atoms with Crippen LogP contribution in [-0.4, -0.2) is 38.4 Å². The fourth-order valence-electron chi connectivity index (χ4n) is 1.98. The highest BCUT2D eigenvalue weighted by molar-refractivity contribution is 7.89. The summed E-state index contributed by atoms with van der Waals surface area (Å²) in [5.74, 6) is -0.0156. The summed E-state index contributed by atoms with van der Waals surface area (Å²) < 4.78 is 26.5. The van der Waals surface area contributed by atoms with E-state index in [1.54, 1.807) is 4.90 Å². The van der Waals surface area contributed by atoms with Gasteiger partial charge in [0.1, 0.15) is 0 Å². The minimum Gasteiger partial charge on any atom is -0.339 e. The van der Waals surface area contributed by atoms with Crippen molar-refractivity contribution in [2.24, 2.45) is 0 Å². The first-order chi connectivity index (χ1) is 9.40. The number of halogens is 1. The molecule has 1 aliphatic carbocycles. The Labute approximate surface area is 124 Å². The number of hydrogen-bond donors (Lipinski definition) is 1. The summed E-state index contributed by atoms with van der Waals surface area (Å²) in [6, 6.07) is 6.25. The van der Waals surface area contributed by atoms with Crippen LogP contribution in [0.15, 0.2) is 29.2 Å². The molecule has 0 aromatic heterocycles. The van der Waals surface area contributed by atoms with Gasteiger partial charge in [0.2, 0.25) is 15.9 Å². The Kier molecular flexibility index (Phi) is 4.67. The van der Waals surface area contributed by atoms with E-state index in [1.807, 2.05) is 0 Å². The van der Waals surface area contributed by atoms with E-state index in [0.717, 1.165) is 12.8 Å². The normalized spacial score (nSPS) is 15.1. The van der Waals surface area contributed by atoms with Crippen LogP contribution in [0.1, 0.15) is 19.8 Å². The van der Waals surface area contributed by atoms with Crippen molar-refractivity contribution in [1.82, 2.24) is 9.62 Å². The van der Waals surface area contributed by atoms with Crippen LogP contribution in [-0.2, 0) is 14.8 Å². The van der Waals surface area contributed by atoms with Crippen molar-refractivity contribution in [2.45, 2.75) is 30.7 Å². The molecule has 20 heavy (non-hydrogen) atoms. The van der Waals surface area contributed by atoms with Crippen LogP contribution in [0.3, 0.4) is 0 Å². The summed E-state index contributed by atoms with van der Waals surface area (Å²) >= 11 is 5.72. The number of carbonyl (C=O) groups excluding carboxylic acids is 1. The number of nitrogens with one attached hydrogen (secondary N) is 1. The number of benzene rings is 1. The van der Waals surface area contributed by atoms with Gasteiger partial charge in [-0.2, -0.15) is 0 Å². The largest absolute Gasteiger partial charge is 0.339 e. The molecule has 1 aromatic carbocycles. The van der Waals surface area contributed by atoms with E-state index in [-0.39, 0.29) is 23.4 Å². The van der Waals surface area contributed by atoms with E-state index in [0.29, 0.717) is 11.6 Å². The van der Waals surface area contributed by atoms with Crippen LogP contribution in [0.4, 0.5) is 0 Å². The number of hydrogen-bond acceptors (Lipinski definition) is 3. The number of rotatable bonds is 6. The first-order valence-corrected chi connectivity index (χ1v) is 8.29. The lowest BCUT2D eigenvalue weighted by atomic mass is 10.4. The summed E-state index contributed by atoms with van der Waals surface area (Å²) in [5.41, 5.74) is 0. The maximum Gasteiger partial charge on any atom is 0.240 e. The third-order valence-electron chi connectivity index (χ3n) is 3.16. The van der Waals surface area contributed by atoms with E-state index in [4.69, 9.17) is 11.6 Å². The van der Waals surface area contributed by atoms with Crippen molar-refractivity contribution < 1.29 is 13.2 Å². The molecule has 1 fully saturated rings. The average Bonchev–Trinajstić information content (AvgIpc) is 3.19. The molecule has 0 unspecified atom stereocenters. The van der Waals surface area contributed by atoms with E-state index >= 15 is 0 Å². The molecule has 1 N–H and O–H groups in total. The molecule has 0 radical (unpaired) electrons. The maximum atomic E-state index is 12.0. The predicted molar refractivity (Wildman–Crippen MR) is 77.0 cm³/mol. The zero-order chi connectivity index (χ0) is 14.8. The highest BCUT2D eigenvalue weighted by Crippen LogP contribution is 2.26. The molecule has 0 aliphatic heterocycles. The summed E-state index contributed by atoms with van der Waals surface area (Å²) in [4.78, 5) is 13.3. The number of amides is 1. The third kappa shape index (κ3) is 3.94. The number of sulfonamides is 1. The maximum absolute atomic E-state index is 12.0. The molecular weight excluding hydrogens is 300 g/mol. The Hall–Kier alpha value is -1.11. The van der Waals surface area contributed by atoms with Crippen LogP contribution in [0.2, 0.25) is 5.02 Å². The molecule has 0 saturated heterocycles. The molecule has 5 nitrogen and oxygen atoms in total. The minimum absolute atomic E-state index is 0.0156. The summed E-state index contributed by atoms with van der Waals surface area (Å²) in [6.07, 6.45) is 2.01. The summed E-state index contributed by atoms with van der Waals surface area (Å²) in [5, 5.41) is 0.487. The highest BCUT2D eigenvalue weighted by Gasteiger charge is 2.30. The zero-order valence-corrected chi connectivity index (χ0v) is 12.7. The van der Waals surface area contributed by atoms with E-state index < -0.39 is 10.0 Å². The van der Waals surface area contributed by atoms with Crippen LogP contribution in [0, 0.1) is 0 Å². The second-order valence-electron chi connectivity index (χ2n) is 4.80. The number of nitrogens with zero attached hydrogens (tertiary/aromatic N) is 1. The smallest absolute Gasteiger partial charge is 0.240 e. The Balaban J connectivity index is 1.92. The lowest BCUT2D eigenvalue weighted by Crippen LogP contribution is -2.38. The quantitative estimate of drug-likeness (QED) is 0.867. The fraction of sp³-hybridized carbons (Fsp3) is 0.462. The van der Waals surface area contributed by atoms with E-state index in [2.05, 4.69) is 4.72 Å². The van der Waals surface area contributed by atoms with E-state index in [9.17, 15) is 13.2 Å². The Morgan fingerprint density at radius 2 is 1.95 bits per heavy atom. The summed E-state index contributed by atoms with van der Waals surface area (Å²) in [6.45, 7) is 2.11. The monoisotopic (exact) mass is 316 g/mol. The van der Waals surface area contributed by atoms with Gasteiger partial charge in [-0.3, -0.25) is 4.79 Å². The molecule has 1 aromatic rings. The highest BCUT2D eigenvalue weighted by atomic mass is 35.5. The molecule has 0 heterocycles. The van der Waals surface area contributed by atoms with Gasteiger partial charge in [-0.25, -0.2) is 13.1 Å². The molecule has 2 rings (SSSR count). The first kappa shape index (κ1) is 15.3. The molecule has 0 spiro atoms. The number of carbonyl (C=O) groups is 1. The molecule has 1 saturated carbocycles. The van der Waals surface area contributed by atoms with E-state index in [1.165, 1.54) is 31.2 Å². The molecular formula is C13H17ClN2O3S. The second-order valence-corrected chi connectivity index (χ2v) is 7.00. The van der Waals surface area contributed by atoms with Crippen LogP contribution in [0.25, 0.3) is 0 Å². The molecule has 0 atom stereocenters. The van der Waals surface area contributed by atoms with Gasteiger partial charge < -0.3 is 4.90 Å². The molecule has 1 amide bonds. The molecule has 1 aliphatic rings. The van der Waals surface area contributed by atoms with Gasteiger partial charge in [-0.15, -0.1) is 0 Å². The molecule has 7 heteroatoms. The summed E-state index contributed by atoms with van der Waals surface area (Å²) in [7, 11) is -3.55. The van der Waals surface area contributed by atoms with Crippen molar-refractivity contribution in [2.75, 3.05) is 13.1 Å². The van der Waals surface area contributed by atoms with Gasteiger partial charge in [0.05, 0.1) is 4.90 Å². The standard InChI is InChI=1S/C13H17ClN2O3S/c1-10(17)16(12-4-5-12)9-8-15-20(18,19)13-6-2-11(14)3-7-13/h2-3,6-7,12,15H,4-5,8-9H2,1H3. The molecule has 110 valence electrons. The van der Waals surface area contributed by atoms with Gasteiger partial charge in [-0.05, 0) is 37.1 Å². The predicted octanol–water partition coefficient (Wildman–Crippen LogP) is 1.63. The van der Waals surface area contributed by atoms with Gasteiger partial charge in [0.15, 0.2) is 0 Å². The van der Waals surface area contributed by atoms with Gasteiger partial charge >= 0.3 is 0 Å². The van der Waals surface area contributed by atoms with Gasteiger partial charge in [0, 0.05) is 31.1 Å². The van der Waals surface area contributed by atoms with Crippen LogP contribution >= 0.6 is 11.6 Å². The fourth-order valence-corrected chi connectivity index (χ4v) is 3.13. The van der Waals surface area contributed by atoms with Crippen LogP contribution in [0.5, 0.6) is 0 Å². The second kappa shape index (κ2) is 6.11. The Bertz CT molecular complexity index is 582. The van der Waals surface area contributed by atoms with Gasteiger partial charge in [0.25, 0.3) is 0 Å². The SMILES string of the molecule is CC(=O)N(CCNS(=O)(=O)c1ccc(Cl)cc1)C1CC1. The lowest BCUT2D eigenvalue weighted by Gasteiger charge is -2.20. The van der Waals surface area contributed by atoms with Crippen molar-refractivity contribution in [3.8, 4) is 0 Å². The zero-order valence-electron chi connectivity index (χ0n) is 11.2. The molecule has 0 bridgehead atoms. The van der Waals surface area contributed by atoms with Crippen molar-refractivity contribution in [1.29, 1.82) is 0 Å². The lowest BCUT2D eigenvalue weighted by molar-refractivity contribution is -0.129.